The predicted molar refractivity (Wildman–Crippen MR) is 108 cm³/mol. The molecule has 0 saturated carbocycles. The van der Waals surface area contributed by atoms with Crippen LogP contribution in [0.1, 0.15) is 12.5 Å². The monoisotopic (exact) mass is 407 g/mol. The van der Waals surface area contributed by atoms with Crippen LogP contribution in [0.15, 0.2) is 36.4 Å². The van der Waals surface area contributed by atoms with Crippen LogP contribution < -0.4 is 15.4 Å². The topological polar surface area (TPSA) is 70.7 Å². The van der Waals surface area contributed by atoms with Gasteiger partial charge in [0.2, 0.25) is 5.91 Å². The van der Waals surface area contributed by atoms with Crippen LogP contribution in [-0.4, -0.2) is 43.5 Å². The Balaban J connectivity index is 1.99. The van der Waals surface area contributed by atoms with Gasteiger partial charge in [-0.1, -0.05) is 11.6 Å². The van der Waals surface area contributed by atoms with E-state index in [-0.39, 0.29) is 29.1 Å². The fourth-order valence-electron chi connectivity index (χ4n) is 2.42. The average Bonchev–Trinajstić information content (AvgIpc) is 2.59. The number of aryl methyl sites for hydroxylation is 1. The van der Waals surface area contributed by atoms with Crippen molar-refractivity contribution >= 4 is 34.8 Å². The molecule has 8 heteroatoms. The summed E-state index contributed by atoms with van der Waals surface area (Å²) < 4.78 is 18.6. The van der Waals surface area contributed by atoms with Crippen molar-refractivity contribution in [1.29, 1.82) is 0 Å². The highest BCUT2D eigenvalue weighted by atomic mass is 35.5. The summed E-state index contributed by atoms with van der Waals surface area (Å²) in [6, 6.07) is 8.86. The van der Waals surface area contributed by atoms with Gasteiger partial charge in [0.25, 0.3) is 5.91 Å². The highest BCUT2D eigenvalue weighted by Crippen LogP contribution is 2.26. The fraction of sp³-hybridized carbons (Fsp3) is 0.300. The molecule has 2 aromatic carbocycles. The number of nitrogens with one attached hydrogen (secondary N) is 2. The molecule has 2 aromatic rings. The Kier molecular flexibility index (Phi) is 7.37. The Morgan fingerprint density at radius 1 is 1.18 bits per heavy atom. The highest BCUT2D eigenvalue weighted by molar-refractivity contribution is 6.32. The van der Waals surface area contributed by atoms with Gasteiger partial charge in [-0.3, -0.25) is 9.59 Å². The van der Waals surface area contributed by atoms with Gasteiger partial charge >= 0.3 is 0 Å². The van der Waals surface area contributed by atoms with Gasteiger partial charge in [-0.25, -0.2) is 4.39 Å². The number of ether oxygens (including phenoxy) is 1. The molecule has 150 valence electrons. The molecule has 1 atom stereocenters. The predicted octanol–water partition coefficient (Wildman–Crippen LogP) is 3.69. The summed E-state index contributed by atoms with van der Waals surface area (Å²) in [5.41, 5.74) is 2.04. The first kappa shape index (κ1) is 21.7. The zero-order chi connectivity index (χ0) is 20.8. The molecule has 0 aliphatic heterocycles. The van der Waals surface area contributed by atoms with E-state index in [0.29, 0.717) is 11.4 Å². The van der Waals surface area contributed by atoms with E-state index in [1.807, 2.05) is 21.0 Å². The lowest BCUT2D eigenvalue weighted by atomic mass is 10.1. The van der Waals surface area contributed by atoms with Gasteiger partial charge in [-0.05, 0) is 69.9 Å². The maximum absolute atomic E-state index is 13.1. The molecule has 0 fully saturated rings. The van der Waals surface area contributed by atoms with E-state index in [2.05, 4.69) is 10.6 Å². The Bertz CT molecular complexity index is 874. The molecule has 0 radical (unpaired) electrons. The molecular formula is C20H23ClFN3O3. The Morgan fingerprint density at radius 3 is 2.50 bits per heavy atom. The van der Waals surface area contributed by atoms with Gasteiger partial charge in [0.05, 0.1) is 11.6 Å². The minimum atomic E-state index is -0.845. The molecule has 0 aromatic heterocycles. The van der Waals surface area contributed by atoms with Gasteiger partial charge < -0.3 is 20.3 Å². The van der Waals surface area contributed by atoms with Crippen LogP contribution >= 0.6 is 11.6 Å². The summed E-state index contributed by atoms with van der Waals surface area (Å²) in [6.45, 7) is 3.68. The molecule has 0 aliphatic rings. The summed E-state index contributed by atoms with van der Waals surface area (Å²) in [7, 11) is 3.63. The third kappa shape index (κ3) is 6.21. The maximum atomic E-state index is 13.1. The SMILES string of the molecule is Cc1cc(NC(=O)C(C)Oc2ccc(F)cc2Cl)ccc1NC(=O)CN(C)C. The zero-order valence-electron chi connectivity index (χ0n) is 16.2. The number of likely N-dealkylation sites (N-methyl/N-ethyl adjacent to an activating group) is 1. The molecular weight excluding hydrogens is 385 g/mol. The van der Waals surface area contributed by atoms with E-state index in [0.717, 1.165) is 11.6 Å². The van der Waals surface area contributed by atoms with Crippen molar-refractivity contribution in [3.63, 3.8) is 0 Å². The minimum Gasteiger partial charge on any atom is -0.479 e. The summed E-state index contributed by atoms with van der Waals surface area (Å²) in [6.07, 6.45) is -0.845. The lowest BCUT2D eigenvalue weighted by Gasteiger charge is -2.17. The van der Waals surface area contributed by atoms with Crippen molar-refractivity contribution in [2.45, 2.75) is 20.0 Å². The minimum absolute atomic E-state index is 0.0910. The molecule has 0 spiro atoms. The lowest BCUT2D eigenvalue weighted by molar-refractivity contribution is -0.122. The summed E-state index contributed by atoms with van der Waals surface area (Å²) in [5.74, 6) is -0.768. The van der Waals surface area contributed by atoms with Crippen LogP contribution in [0, 0.1) is 12.7 Å². The van der Waals surface area contributed by atoms with E-state index >= 15 is 0 Å². The summed E-state index contributed by atoms with van der Waals surface area (Å²) in [4.78, 5) is 26.0. The van der Waals surface area contributed by atoms with Crippen LogP contribution in [0.4, 0.5) is 15.8 Å². The maximum Gasteiger partial charge on any atom is 0.265 e. The molecule has 0 aliphatic carbocycles. The molecule has 28 heavy (non-hydrogen) atoms. The van der Waals surface area contributed by atoms with Crippen molar-refractivity contribution in [2.24, 2.45) is 0 Å². The largest absolute Gasteiger partial charge is 0.479 e. The number of rotatable bonds is 7. The molecule has 0 saturated heterocycles. The second-order valence-electron chi connectivity index (χ2n) is 6.64. The van der Waals surface area contributed by atoms with E-state index in [4.69, 9.17) is 16.3 Å². The number of carbonyl (C=O) groups is 2. The number of benzene rings is 2. The van der Waals surface area contributed by atoms with Crippen molar-refractivity contribution in [1.82, 2.24) is 4.90 Å². The second kappa shape index (κ2) is 9.52. The fourth-order valence-corrected chi connectivity index (χ4v) is 2.63. The van der Waals surface area contributed by atoms with Gasteiger partial charge in [0.15, 0.2) is 6.10 Å². The first-order valence-corrected chi connectivity index (χ1v) is 9.01. The number of hydrogen-bond donors (Lipinski definition) is 2. The molecule has 0 bridgehead atoms. The standard InChI is InChI=1S/C20H23ClFN3O3/c1-12-9-15(6-7-17(12)24-19(26)11-25(3)4)23-20(27)13(2)28-18-8-5-14(22)10-16(18)21/h5-10,13H,11H2,1-4H3,(H,23,27)(H,24,26). The van der Waals surface area contributed by atoms with Crippen molar-refractivity contribution in [3.8, 4) is 5.75 Å². The Hall–Kier alpha value is -2.64. The van der Waals surface area contributed by atoms with E-state index < -0.39 is 11.9 Å². The Morgan fingerprint density at radius 2 is 1.89 bits per heavy atom. The van der Waals surface area contributed by atoms with E-state index in [1.54, 1.807) is 30.0 Å². The highest BCUT2D eigenvalue weighted by Gasteiger charge is 2.17. The first-order chi connectivity index (χ1) is 13.2. The van der Waals surface area contributed by atoms with E-state index in [1.165, 1.54) is 12.1 Å². The molecule has 0 heterocycles. The number of carbonyl (C=O) groups excluding carboxylic acids is 2. The normalized spacial score (nSPS) is 11.8. The average molecular weight is 408 g/mol. The second-order valence-corrected chi connectivity index (χ2v) is 7.05. The number of amides is 2. The molecule has 1 unspecified atom stereocenters. The molecule has 6 nitrogen and oxygen atoms in total. The van der Waals surface area contributed by atoms with Crippen LogP contribution in [-0.2, 0) is 9.59 Å². The molecule has 2 rings (SSSR count). The summed E-state index contributed by atoms with van der Waals surface area (Å²) in [5, 5.41) is 5.66. The van der Waals surface area contributed by atoms with Gasteiger partial charge in [-0.2, -0.15) is 0 Å². The third-order valence-electron chi connectivity index (χ3n) is 3.79. The number of anilines is 2. The number of hydrogen-bond acceptors (Lipinski definition) is 4. The zero-order valence-corrected chi connectivity index (χ0v) is 16.9. The molecule has 2 amide bonds. The van der Waals surface area contributed by atoms with Crippen molar-refractivity contribution in [2.75, 3.05) is 31.3 Å². The Labute approximate surface area is 168 Å². The summed E-state index contributed by atoms with van der Waals surface area (Å²) >= 11 is 5.92. The first-order valence-electron chi connectivity index (χ1n) is 8.63. The molecule has 2 N–H and O–H groups in total. The van der Waals surface area contributed by atoms with Crippen molar-refractivity contribution < 1.29 is 18.7 Å². The van der Waals surface area contributed by atoms with Crippen LogP contribution in [0.2, 0.25) is 5.02 Å². The van der Waals surface area contributed by atoms with Crippen LogP contribution in [0.3, 0.4) is 0 Å². The lowest BCUT2D eigenvalue weighted by Crippen LogP contribution is -2.30. The van der Waals surface area contributed by atoms with Crippen molar-refractivity contribution in [3.05, 3.63) is 52.8 Å². The smallest absolute Gasteiger partial charge is 0.265 e. The van der Waals surface area contributed by atoms with Crippen LogP contribution in [0.25, 0.3) is 0 Å². The number of halogens is 2. The van der Waals surface area contributed by atoms with Crippen LogP contribution in [0.5, 0.6) is 5.75 Å². The van der Waals surface area contributed by atoms with Gasteiger partial charge in [0.1, 0.15) is 11.6 Å². The third-order valence-corrected chi connectivity index (χ3v) is 4.09. The quantitative estimate of drug-likeness (QED) is 0.734. The van der Waals surface area contributed by atoms with Gasteiger partial charge in [-0.15, -0.1) is 0 Å². The number of nitrogens with zero attached hydrogens (tertiary/aromatic N) is 1. The van der Waals surface area contributed by atoms with E-state index in [9.17, 15) is 14.0 Å². The van der Waals surface area contributed by atoms with Gasteiger partial charge in [0, 0.05) is 11.4 Å².